The van der Waals surface area contributed by atoms with Gasteiger partial charge in [0, 0.05) is 5.39 Å². The molecule has 0 saturated heterocycles. The van der Waals surface area contributed by atoms with Crippen LogP contribution < -0.4 is 0 Å². The molecule has 0 amide bonds. The number of carbonyl (C=O) groups is 1. The Kier molecular flexibility index (Phi) is 5.49. The van der Waals surface area contributed by atoms with Gasteiger partial charge in [-0.25, -0.2) is 0 Å². The molecule has 4 nitrogen and oxygen atoms in total. The van der Waals surface area contributed by atoms with E-state index in [4.69, 9.17) is 4.74 Å². The first-order chi connectivity index (χ1) is 12.1. The summed E-state index contributed by atoms with van der Waals surface area (Å²) in [7, 11) is 0. The van der Waals surface area contributed by atoms with Crippen LogP contribution in [-0.2, 0) is 22.6 Å². The summed E-state index contributed by atoms with van der Waals surface area (Å²) in [5.41, 5.74) is 6.06. The van der Waals surface area contributed by atoms with Crippen molar-refractivity contribution in [3.05, 3.63) is 46.7 Å². The van der Waals surface area contributed by atoms with Crippen LogP contribution in [-0.4, -0.2) is 22.7 Å². The van der Waals surface area contributed by atoms with Gasteiger partial charge in [-0.05, 0) is 73.9 Å². The Balaban J connectivity index is 2.20. The third kappa shape index (κ3) is 3.74. The Morgan fingerprint density at radius 2 is 2.16 bits per heavy atom. The number of benzene rings is 1. The van der Waals surface area contributed by atoms with E-state index in [9.17, 15) is 9.90 Å². The average molecular weight is 339 g/mol. The molecule has 132 valence electrons. The number of fused-ring (bicyclic) bond motifs is 1. The monoisotopic (exact) mass is 339 g/mol. The number of hydrogen-bond acceptors (Lipinski definition) is 4. The summed E-state index contributed by atoms with van der Waals surface area (Å²) in [6, 6.07) is 5.89. The van der Waals surface area contributed by atoms with E-state index in [0.717, 1.165) is 40.4 Å². The van der Waals surface area contributed by atoms with E-state index in [2.05, 4.69) is 11.1 Å². The van der Waals surface area contributed by atoms with Crippen LogP contribution in [0.5, 0.6) is 0 Å². The van der Waals surface area contributed by atoms with Crippen LogP contribution in [0.15, 0.2) is 24.3 Å². The molecule has 3 rings (SSSR count). The van der Waals surface area contributed by atoms with Gasteiger partial charge in [0.2, 0.25) is 0 Å². The zero-order valence-electron chi connectivity index (χ0n) is 15.0. The van der Waals surface area contributed by atoms with Crippen molar-refractivity contribution in [2.75, 3.05) is 6.61 Å². The van der Waals surface area contributed by atoms with Crippen LogP contribution in [0.25, 0.3) is 16.5 Å². The molecule has 25 heavy (non-hydrogen) atoms. The Morgan fingerprint density at radius 3 is 2.84 bits per heavy atom. The summed E-state index contributed by atoms with van der Waals surface area (Å²) in [6.45, 7) is 4.17. The minimum Gasteiger partial charge on any atom is -0.466 e. The highest BCUT2D eigenvalue weighted by molar-refractivity contribution is 5.95. The molecule has 2 aromatic rings. The molecule has 1 aromatic carbocycles. The van der Waals surface area contributed by atoms with Crippen molar-refractivity contribution in [2.45, 2.75) is 52.6 Å². The summed E-state index contributed by atoms with van der Waals surface area (Å²) < 4.78 is 5.18. The van der Waals surface area contributed by atoms with E-state index < -0.39 is 0 Å². The number of rotatable bonds is 5. The van der Waals surface area contributed by atoms with Gasteiger partial charge in [-0.1, -0.05) is 12.1 Å². The number of aromatic nitrogens is 1. The zero-order chi connectivity index (χ0) is 17.8. The molecule has 1 heterocycles. The number of esters is 1. The molecular formula is C21H25NO3. The third-order valence-electron chi connectivity index (χ3n) is 4.78. The maximum Gasteiger partial charge on any atom is 0.310 e. The maximum absolute atomic E-state index is 12.1. The SMILES string of the molecule is CCOC(=O)Cc1c(C)cc2nc(CO)ccc2c1C1=CCCCC1. The molecule has 0 spiro atoms. The van der Waals surface area contributed by atoms with Crippen molar-refractivity contribution in [2.24, 2.45) is 0 Å². The molecule has 1 aliphatic carbocycles. The highest BCUT2D eigenvalue weighted by atomic mass is 16.5. The highest BCUT2D eigenvalue weighted by Crippen LogP contribution is 2.36. The number of hydrogen-bond donors (Lipinski definition) is 1. The second kappa shape index (κ2) is 7.79. The van der Waals surface area contributed by atoms with E-state index in [-0.39, 0.29) is 19.0 Å². The molecule has 1 N–H and O–H groups in total. The smallest absolute Gasteiger partial charge is 0.310 e. The number of nitrogens with zero attached hydrogens (tertiary/aromatic N) is 1. The third-order valence-corrected chi connectivity index (χ3v) is 4.78. The van der Waals surface area contributed by atoms with Crippen LogP contribution in [0, 0.1) is 6.92 Å². The Bertz CT molecular complexity index is 823. The topological polar surface area (TPSA) is 59.4 Å². The standard InChI is InChI=1S/C21H25NO3/c1-3-25-20(24)12-18-14(2)11-19-17(10-9-16(13-23)22-19)21(18)15-7-5-4-6-8-15/h7,9-11,23H,3-6,8,12-13H2,1-2H3. The lowest BCUT2D eigenvalue weighted by Crippen LogP contribution is -2.12. The van der Waals surface area contributed by atoms with E-state index in [0.29, 0.717) is 12.3 Å². The van der Waals surface area contributed by atoms with E-state index in [1.807, 2.05) is 32.0 Å². The van der Waals surface area contributed by atoms with Crippen LogP contribution in [0.3, 0.4) is 0 Å². The number of ether oxygens (including phenoxy) is 1. The summed E-state index contributed by atoms with van der Waals surface area (Å²) in [4.78, 5) is 16.7. The summed E-state index contributed by atoms with van der Waals surface area (Å²) in [5, 5.41) is 10.4. The zero-order valence-corrected chi connectivity index (χ0v) is 15.0. The molecule has 0 unspecified atom stereocenters. The highest BCUT2D eigenvalue weighted by Gasteiger charge is 2.19. The van der Waals surface area contributed by atoms with Crippen molar-refractivity contribution in [3.63, 3.8) is 0 Å². The molecule has 0 fully saturated rings. The fraction of sp³-hybridized carbons (Fsp3) is 0.429. The minimum atomic E-state index is -0.192. The molecular weight excluding hydrogens is 314 g/mol. The van der Waals surface area contributed by atoms with Gasteiger partial charge in [0.1, 0.15) is 0 Å². The largest absolute Gasteiger partial charge is 0.466 e. The van der Waals surface area contributed by atoms with E-state index in [1.165, 1.54) is 18.4 Å². The maximum atomic E-state index is 12.1. The quantitative estimate of drug-likeness (QED) is 0.833. The van der Waals surface area contributed by atoms with Crippen LogP contribution in [0.2, 0.25) is 0 Å². The predicted octanol–water partition coefficient (Wildman–Crippen LogP) is 4.10. The van der Waals surface area contributed by atoms with Gasteiger partial charge in [-0.3, -0.25) is 9.78 Å². The number of allylic oxidation sites excluding steroid dienone is 2. The number of aliphatic hydroxyl groups is 1. The fourth-order valence-corrected chi connectivity index (χ4v) is 3.59. The normalized spacial score (nSPS) is 14.4. The molecule has 4 heteroatoms. The van der Waals surface area contributed by atoms with Gasteiger partial charge in [-0.2, -0.15) is 0 Å². The van der Waals surface area contributed by atoms with Gasteiger partial charge < -0.3 is 9.84 Å². The van der Waals surface area contributed by atoms with Crippen LogP contribution >= 0.6 is 0 Å². The molecule has 0 saturated carbocycles. The predicted molar refractivity (Wildman–Crippen MR) is 99.2 cm³/mol. The Labute approximate surface area is 148 Å². The first kappa shape index (κ1) is 17.6. The van der Waals surface area contributed by atoms with Crippen molar-refractivity contribution in [3.8, 4) is 0 Å². The summed E-state index contributed by atoms with van der Waals surface area (Å²) >= 11 is 0. The van der Waals surface area contributed by atoms with E-state index >= 15 is 0 Å². The van der Waals surface area contributed by atoms with Gasteiger partial charge in [0.05, 0.1) is 30.8 Å². The Morgan fingerprint density at radius 1 is 1.32 bits per heavy atom. The Hall–Kier alpha value is -2.20. The first-order valence-electron chi connectivity index (χ1n) is 9.02. The molecule has 0 atom stereocenters. The fourth-order valence-electron chi connectivity index (χ4n) is 3.59. The lowest BCUT2D eigenvalue weighted by molar-refractivity contribution is -0.142. The molecule has 1 aromatic heterocycles. The van der Waals surface area contributed by atoms with Crippen molar-refractivity contribution < 1.29 is 14.6 Å². The number of aryl methyl sites for hydroxylation is 1. The minimum absolute atomic E-state index is 0.0718. The number of pyridine rings is 1. The number of aliphatic hydroxyl groups excluding tert-OH is 1. The summed E-state index contributed by atoms with van der Waals surface area (Å²) in [6.07, 6.45) is 7.06. The van der Waals surface area contributed by atoms with Crippen molar-refractivity contribution >= 4 is 22.4 Å². The first-order valence-corrected chi connectivity index (χ1v) is 9.02. The molecule has 1 aliphatic rings. The number of carbonyl (C=O) groups excluding carboxylic acids is 1. The van der Waals surface area contributed by atoms with Crippen molar-refractivity contribution in [1.29, 1.82) is 0 Å². The lowest BCUT2D eigenvalue weighted by atomic mass is 9.85. The lowest BCUT2D eigenvalue weighted by Gasteiger charge is -2.21. The van der Waals surface area contributed by atoms with Crippen LogP contribution in [0.1, 0.15) is 55.0 Å². The molecule has 0 radical (unpaired) electrons. The van der Waals surface area contributed by atoms with Crippen molar-refractivity contribution in [1.82, 2.24) is 4.98 Å². The molecule has 0 aliphatic heterocycles. The van der Waals surface area contributed by atoms with E-state index in [1.54, 1.807) is 0 Å². The molecule has 0 bridgehead atoms. The van der Waals surface area contributed by atoms with Gasteiger partial charge in [0.25, 0.3) is 0 Å². The van der Waals surface area contributed by atoms with Gasteiger partial charge in [0.15, 0.2) is 0 Å². The van der Waals surface area contributed by atoms with Gasteiger partial charge in [-0.15, -0.1) is 0 Å². The second-order valence-electron chi connectivity index (χ2n) is 6.53. The van der Waals surface area contributed by atoms with Crippen LogP contribution in [0.4, 0.5) is 0 Å². The summed E-state index contributed by atoms with van der Waals surface area (Å²) in [5.74, 6) is -0.192. The van der Waals surface area contributed by atoms with Gasteiger partial charge >= 0.3 is 5.97 Å². The second-order valence-corrected chi connectivity index (χ2v) is 6.53. The average Bonchev–Trinajstić information content (AvgIpc) is 2.63.